The number of aromatic nitrogens is 3. The molecule has 0 saturated heterocycles. The van der Waals surface area contributed by atoms with Gasteiger partial charge in [-0.05, 0) is 51.6 Å². The molecule has 2 aromatic heterocycles. The van der Waals surface area contributed by atoms with Gasteiger partial charge in [-0.3, -0.25) is 0 Å². The number of hydrogen-bond donors (Lipinski definition) is 0. The van der Waals surface area contributed by atoms with Gasteiger partial charge in [0.1, 0.15) is 0 Å². The zero-order chi connectivity index (χ0) is 30.8. The van der Waals surface area contributed by atoms with Crippen molar-refractivity contribution in [1.82, 2.24) is 15.0 Å². The van der Waals surface area contributed by atoms with E-state index in [1.165, 1.54) is 53.6 Å². The van der Waals surface area contributed by atoms with Crippen LogP contribution in [-0.2, 0) is 5.41 Å². The molecule has 0 amide bonds. The molecular weight excluding hydrogens is 579 g/mol. The van der Waals surface area contributed by atoms with Gasteiger partial charge in [-0.1, -0.05) is 135 Å². The van der Waals surface area contributed by atoms with Gasteiger partial charge in [0, 0.05) is 42.3 Å². The zero-order valence-electron chi connectivity index (χ0n) is 25.5. The van der Waals surface area contributed by atoms with Crippen LogP contribution in [0.3, 0.4) is 0 Å². The summed E-state index contributed by atoms with van der Waals surface area (Å²) in [6.07, 6.45) is 0. The normalized spacial score (nSPS) is 13.2. The Bertz CT molecular complexity index is 2370. The Morgan fingerprint density at radius 3 is 1.63 bits per heavy atom. The first-order valence-corrected chi connectivity index (χ1v) is 16.4. The molecule has 0 fully saturated rings. The zero-order valence-corrected chi connectivity index (χ0v) is 26.3. The summed E-state index contributed by atoms with van der Waals surface area (Å²) in [7, 11) is 0. The average molecular weight is 608 g/mol. The highest BCUT2D eigenvalue weighted by Gasteiger charge is 2.37. The lowest BCUT2D eigenvalue weighted by molar-refractivity contribution is 0.667. The fourth-order valence-corrected chi connectivity index (χ4v) is 8.16. The summed E-state index contributed by atoms with van der Waals surface area (Å²) in [5.41, 5.74) is 10.8. The predicted molar refractivity (Wildman–Crippen MR) is 192 cm³/mol. The lowest BCUT2D eigenvalue weighted by Crippen LogP contribution is -2.15. The topological polar surface area (TPSA) is 38.7 Å². The summed E-state index contributed by atoms with van der Waals surface area (Å²) >= 11 is 1.89. The predicted octanol–water partition coefficient (Wildman–Crippen LogP) is 11.2. The van der Waals surface area contributed by atoms with Crippen LogP contribution in [0.4, 0.5) is 0 Å². The highest BCUT2D eigenvalue weighted by molar-refractivity contribution is 7.25. The van der Waals surface area contributed by atoms with Crippen LogP contribution in [0, 0.1) is 0 Å². The van der Waals surface area contributed by atoms with Gasteiger partial charge in [-0.2, -0.15) is 0 Å². The third-order valence-corrected chi connectivity index (χ3v) is 10.5. The van der Waals surface area contributed by atoms with Crippen molar-refractivity contribution >= 4 is 31.5 Å². The van der Waals surface area contributed by atoms with Gasteiger partial charge in [0.05, 0.1) is 0 Å². The maximum Gasteiger partial charge on any atom is 0.164 e. The minimum atomic E-state index is -0.0567. The Morgan fingerprint density at radius 1 is 0.457 bits per heavy atom. The highest BCUT2D eigenvalue weighted by atomic mass is 32.1. The summed E-state index contributed by atoms with van der Waals surface area (Å²) in [4.78, 5) is 14.7. The summed E-state index contributed by atoms with van der Waals surface area (Å²) in [6, 6.07) is 49.3. The van der Waals surface area contributed by atoms with E-state index in [4.69, 9.17) is 15.0 Å². The molecule has 46 heavy (non-hydrogen) atoms. The molecule has 218 valence electrons. The second kappa shape index (κ2) is 10.3. The van der Waals surface area contributed by atoms with E-state index in [0.29, 0.717) is 17.5 Å². The monoisotopic (exact) mass is 607 g/mol. The Morgan fingerprint density at radius 2 is 0.978 bits per heavy atom. The lowest BCUT2D eigenvalue weighted by atomic mass is 9.80. The Hall–Kier alpha value is -5.45. The van der Waals surface area contributed by atoms with Crippen LogP contribution in [0.25, 0.3) is 76.6 Å². The Kier molecular flexibility index (Phi) is 6.02. The minimum absolute atomic E-state index is 0.0567. The first-order chi connectivity index (χ1) is 22.5. The first kappa shape index (κ1) is 26.9. The molecule has 8 aromatic rings. The third-order valence-electron chi connectivity index (χ3n) is 9.33. The van der Waals surface area contributed by atoms with E-state index >= 15 is 0 Å². The number of benzene rings is 6. The molecule has 2 heterocycles. The van der Waals surface area contributed by atoms with Crippen molar-refractivity contribution in [3.63, 3.8) is 0 Å². The van der Waals surface area contributed by atoms with Crippen LogP contribution < -0.4 is 0 Å². The number of nitrogens with zero attached hydrogens (tertiary/aromatic N) is 3. The lowest BCUT2D eigenvalue weighted by Gasteiger charge is -2.22. The van der Waals surface area contributed by atoms with Gasteiger partial charge < -0.3 is 0 Å². The smallest absolute Gasteiger partial charge is 0.164 e. The van der Waals surface area contributed by atoms with Crippen molar-refractivity contribution in [1.29, 1.82) is 0 Å². The van der Waals surface area contributed by atoms with Crippen molar-refractivity contribution in [2.45, 2.75) is 19.3 Å². The maximum atomic E-state index is 4.91. The van der Waals surface area contributed by atoms with Gasteiger partial charge in [0.2, 0.25) is 0 Å². The standard InChI is InChI=1S/C42H29N3S/c1-42(2)34-16-10-9-15-31(34)32-22-24-36-37(38(32)42)33-25-30(21-23-35(33)46-36)26-17-19-29(20-18-26)41-44-39(27-11-5-3-6-12-27)43-40(45-41)28-13-7-4-8-14-28/h3-25H,1-2H3. The molecule has 9 rings (SSSR count). The summed E-state index contributed by atoms with van der Waals surface area (Å²) in [5.74, 6) is 2.00. The molecular formula is C42H29N3S. The third kappa shape index (κ3) is 4.22. The minimum Gasteiger partial charge on any atom is -0.208 e. The Balaban J connectivity index is 1.14. The maximum absolute atomic E-state index is 4.91. The second-order valence-electron chi connectivity index (χ2n) is 12.5. The molecule has 0 aliphatic heterocycles. The molecule has 0 radical (unpaired) electrons. The van der Waals surface area contributed by atoms with Crippen LogP contribution in [-0.4, -0.2) is 15.0 Å². The van der Waals surface area contributed by atoms with Crippen LogP contribution >= 0.6 is 11.3 Å². The molecule has 1 aliphatic carbocycles. The molecule has 4 heteroatoms. The van der Waals surface area contributed by atoms with Crippen molar-refractivity contribution in [3.8, 4) is 56.4 Å². The summed E-state index contributed by atoms with van der Waals surface area (Å²) in [6.45, 7) is 4.74. The van der Waals surface area contributed by atoms with Gasteiger partial charge in [0.15, 0.2) is 17.5 Å². The fraction of sp³-hybridized carbons (Fsp3) is 0.0714. The van der Waals surface area contributed by atoms with Gasteiger partial charge in [-0.15, -0.1) is 11.3 Å². The van der Waals surface area contributed by atoms with E-state index in [0.717, 1.165) is 16.7 Å². The van der Waals surface area contributed by atoms with Crippen LogP contribution in [0.5, 0.6) is 0 Å². The quantitative estimate of drug-likeness (QED) is 0.200. The van der Waals surface area contributed by atoms with Crippen LogP contribution in [0.15, 0.2) is 140 Å². The van der Waals surface area contributed by atoms with Crippen molar-refractivity contribution in [3.05, 3.63) is 151 Å². The molecule has 1 aliphatic rings. The van der Waals surface area contributed by atoms with E-state index in [2.05, 4.69) is 92.7 Å². The summed E-state index contributed by atoms with van der Waals surface area (Å²) < 4.78 is 2.67. The van der Waals surface area contributed by atoms with Crippen molar-refractivity contribution < 1.29 is 0 Å². The SMILES string of the molecule is CC1(C)c2ccccc2-c2ccc3sc4ccc(-c5ccc(-c6nc(-c7ccccc7)nc(-c7ccccc7)n6)cc5)cc4c3c21. The molecule has 3 nitrogen and oxygen atoms in total. The molecule has 0 saturated carbocycles. The fourth-order valence-electron chi connectivity index (χ4n) is 7.07. The summed E-state index contributed by atoms with van der Waals surface area (Å²) in [5, 5.41) is 2.72. The molecule has 0 atom stereocenters. The van der Waals surface area contributed by atoms with Gasteiger partial charge >= 0.3 is 0 Å². The van der Waals surface area contributed by atoms with E-state index in [1.807, 2.05) is 72.0 Å². The van der Waals surface area contributed by atoms with Gasteiger partial charge in [-0.25, -0.2) is 15.0 Å². The van der Waals surface area contributed by atoms with Gasteiger partial charge in [0.25, 0.3) is 0 Å². The van der Waals surface area contributed by atoms with E-state index in [-0.39, 0.29) is 5.41 Å². The average Bonchev–Trinajstić information content (AvgIpc) is 3.60. The van der Waals surface area contributed by atoms with E-state index < -0.39 is 0 Å². The molecule has 6 aromatic carbocycles. The van der Waals surface area contributed by atoms with Crippen molar-refractivity contribution in [2.75, 3.05) is 0 Å². The van der Waals surface area contributed by atoms with Crippen LogP contribution in [0.2, 0.25) is 0 Å². The number of hydrogen-bond acceptors (Lipinski definition) is 4. The second-order valence-corrected chi connectivity index (χ2v) is 13.5. The van der Waals surface area contributed by atoms with Crippen molar-refractivity contribution in [2.24, 2.45) is 0 Å². The van der Waals surface area contributed by atoms with E-state index in [1.54, 1.807) is 0 Å². The molecule has 0 bridgehead atoms. The highest BCUT2D eigenvalue weighted by Crippen LogP contribution is 2.54. The largest absolute Gasteiger partial charge is 0.208 e. The number of thiophene rings is 1. The number of rotatable bonds is 4. The number of fused-ring (bicyclic) bond motifs is 7. The Labute approximate surface area is 271 Å². The molecule has 0 spiro atoms. The van der Waals surface area contributed by atoms with Crippen LogP contribution in [0.1, 0.15) is 25.0 Å². The molecule has 0 unspecified atom stereocenters. The van der Waals surface area contributed by atoms with E-state index in [9.17, 15) is 0 Å². The molecule has 0 N–H and O–H groups in total. The first-order valence-electron chi connectivity index (χ1n) is 15.6.